The second kappa shape index (κ2) is 5.51. The topological polar surface area (TPSA) is 66.4 Å². The summed E-state index contributed by atoms with van der Waals surface area (Å²) in [6.45, 7) is 5.84. The Morgan fingerprint density at radius 3 is 2.24 bits per heavy atom. The lowest BCUT2D eigenvalue weighted by Crippen LogP contribution is -2.48. The number of hydrogen-bond donors (Lipinski definition) is 2. The number of carbonyl (C=O) groups is 2. The Morgan fingerprint density at radius 1 is 1.24 bits per heavy atom. The molecule has 1 unspecified atom stereocenters. The Hall–Kier alpha value is -1.84. The monoisotopic (exact) mass is 289 g/mol. The van der Waals surface area contributed by atoms with E-state index in [4.69, 9.17) is 5.11 Å². The first-order chi connectivity index (χ1) is 9.75. The molecule has 0 aromatic heterocycles. The molecule has 1 saturated carbocycles. The molecule has 4 nitrogen and oxygen atoms in total. The van der Waals surface area contributed by atoms with Crippen LogP contribution >= 0.6 is 0 Å². The van der Waals surface area contributed by atoms with Crippen molar-refractivity contribution in [1.29, 1.82) is 0 Å². The molecule has 2 rings (SSSR count). The van der Waals surface area contributed by atoms with E-state index in [1.165, 1.54) is 0 Å². The van der Waals surface area contributed by atoms with Gasteiger partial charge in [-0.25, -0.2) is 0 Å². The molecule has 2 N–H and O–H groups in total. The molecular formula is C17H23NO3. The van der Waals surface area contributed by atoms with E-state index >= 15 is 0 Å². The summed E-state index contributed by atoms with van der Waals surface area (Å²) in [5, 5.41) is 12.0. The van der Waals surface area contributed by atoms with Crippen LogP contribution in [-0.4, -0.2) is 23.0 Å². The lowest BCUT2D eigenvalue weighted by molar-refractivity contribution is -0.138. The molecule has 114 valence electrons. The number of nitrogens with one attached hydrogen (secondary N) is 1. The molecule has 1 aromatic rings. The highest BCUT2D eigenvalue weighted by molar-refractivity contribution is 5.91. The normalized spacial score (nSPS) is 17.9. The van der Waals surface area contributed by atoms with E-state index in [0.29, 0.717) is 0 Å². The SMILES string of the molecule is CC(C)(C)C(CC(=O)O)NC(=O)C1(c2ccccc2)CC1. The molecule has 1 fully saturated rings. The number of carboxylic acids is 1. The maximum absolute atomic E-state index is 12.7. The van der Waals surface area contributed by atoms with Crippen molar-refractivity contribution in [3.8, 4) is 0 Å². The maximum Gasteiger partial charge on any atom is 0.305 e. The zero-order chi connectivity index (χ0) is 15.7. The summed E-state index contributed by atoms with van der Waals surface area (Å²) >= 11 is 0. The standard InChI is InChI=1S/C17H23NO3/c1-16(2,3)13(11-14(19)20)18-15(21)17(9-10-17)12-7-5-4-6-8-12/h4-8,13H,9-11H2,1-3H3,(H,18,21)(H,19,20). The Morgan fingerprint density at radius 2 is 1.81 bits per heavy atom. The molecule has 0 saturated heterocycles. The lowest BCUT2D eigenvalue weighted by Gasteiger charge is -2.32. The summed E-state index contributed by atoms with van der Waals surface area (Å²) in [4.78, 5) is 23.7. The van der Waals surface area contributed by atoms with Crippen molar-refractivity contribution < 1.29 is 14.7 Å². The van der Waals surface area contributed by atoms with Gasteiger partial charge in [-0.05, 0) is 23.8 Å². The molecule has 0 heterocycles. The van der Waals surface area contributed by atoms with Crippen molar-refractivity contribution in [2.24, 2.45) is 5.41 Å². The lowest BCUT2D eigenvalue weighted by atomic mass is 9.83. The quantitative estimate of drug-likeness (QED) is 0.876. The molecular weight excluding hydrogens is 266 g/mol. The second-order valence-electron chi connectivity index (χ2n) is 6.94. The zero-order valence-electron chi connectivity index (χ0n) is 12.8. The van der Waals surface area contributed by atoms with Gasteiger partial charge in [0, 0.05) is 6.04 Å². The van der Waals surface area contributed by atoms with Crippen molar-refractivity contribution in [3.05, 3.63) is 35.9 Å². The van der Waals surface area contributed by atoms with E-state index in [0.717, 1.165) is 18.4 Å². The van der Waals surface area contributed by atoms with Gasteiger partial charge in [-0.3, -0.25) is 9.59 Å². The highest BCUT2D eigenvalue weighted by Crippen LogP contribution is 2.48. The number of amides is 1. The summed E-state index contributed by atoms with van der Waals surface area (Å²) < 4.78 is 0. The average Bonchev–Trinajstić information content (AvgIpc) is 3.19. The van der Waals surface area contributed by atoms with Gasteiger partial charge in [0.1, 0.15) is 0 Å². The van der Waals surface area contributed by atoms with Crippen LogP contribution in [0.2, 0.25) is 0 Å². The summed E-state index contributed by atoms with van der Waals surface area (Å²) in [7, 11) is 0. The number of hydrogen-bond acceptors (Lipinski definition) is 2. The fraction of sp³-hybridized carbons (Fsp3) is 0.529. The van der Waals surface area contributed by atoms with E-state index < -0.39 is 11.4 Å². The van der Waals surface area contributed by atoms with Gasteiger partial charge in [0.25, 0.3) is 0 Å². The predicted molar refractivity (Wildman–Crippen MR) is 81.0 cm³/mol. The first-order valence-electron chi connectivity index (χ1n) is 7.34. The van der Waals surface area contributed by atoms with Crippen molar-refractivity contribution in [3.63, 3.8) is 0 Å². The van der Waals surface area contributed by atoms with Gasteiger partial charge >= 0.3 is 5.97 Å². The molecule has 0 aliphatic heterocycles. The number of carbonyl (C=O) groups excluding carboxylic acids is 1. The molecule has 4 heteroatoms. The van der Waals surface area contributed by atoms with Gasteiger partial charge in [-0.1, -0.05) is 51.1 Å². The highest BCUT2D eigenvalue weighted by Gasteiger charge is 2.52. The van der Waals surface area contributed by atoms with Crippen molar-refractivity contribution in [2.45, 2.75) is 51.5 Å². The summed E-state index contributed by atoms with van der Waals surface area (Å²) in [6.07, 6.45) is 1.60. The van der Waals surface area contributed by atoms with Crippen LogP contribution in [0.1, 0.15) is 45.6 Å². The van der Waals surface area contributed by atoms with Crippen LogP contribution in [0.3, 0.4) is 0 Å². The van der Waals surface area contributed by atoms with Gasteiger partial charge in [0.2, 0.25) is 5.91 Å². The van der Waals surface area contributed by atoms with Crippen molar-refractivity contribution >= 4 is 11.9 Å². The van der Waals surface area contributed by atoms with E-state index in [1.54, 1.807) is 0 Å². The second-order valence-corrected chi connectivity index (χ2v) is 6.94. The summed E-state index contributed by atoms with van der Waals surface area (Å²) in [5.41, 5.74) is 0.273. The average molecular weight is 289 g/mol. The molecule has 1 amide bonds. The third-order valence-electron chi connectivity index (χ3n) is 4.24. The Kier molecular flexibility index (Phi) is 4.08. The fourth-order valence-electron chi connectivity index (χ4n) is 2.57. The molecule has 0 spiro atoms. The number of aliphatic carboxylic acids is 1. The first-order valence-corrected chi connectivity index (χ1v) is 7.34. The Bertz CT molecular complexity index is 527. The predicted octanol–water partition coefficient (Wildman–Crippen LogP) is 2.72. The number of rotatable bonds is 5. The van der Waals surface area contributed by atoms with E-state index in [1.807, 2.05) is 51.1 Å². The molecule has 21 heavy (non-hydrogen) atoms. The van der Waals surface area contributed by atoms with Crippen molar-refractivity contribution in [2.75, 3.05) is 0 Å². The van der Waals surface area contributed by atoms with Gasteiger partial charge in [0.05, 0.1) is 11.8 Å². The fourth-order valence-corrected chi connectivity index (χ4v) is 2.57. The number of benzene rings is 1. The summed E-state index contributed by atoms with van der Waals surface area (Å²) in [5.74, 6) is -0.936. The third kappa shape index (κ3) is 3.43. The third-order valence-corrected chi connectivity index (χ3v) is 4.24. The first kappa shape index (κ1) is 15.5. The van der Waals surface area contributed by atoms with Gasteiger partial charge in [0.15, 0.2) is 0 Å². The van der Waals surface area contributed by atoms with Crippen molar-refractivity contribution in [1.82, 2.24) is 5.32 Å². The molecule has 1 aliphatic carbocycles. The molecule has 1 aromatic carbocycles. The van der Waals surface area contributed by atoms with Crippen LogP contribution in [0, 0.1) is 5.41 Å². The smallest absolute Gasteiger partial charge is 0.305 e. The molecule has 1 aliphatic rings. The van der Waals surface area contributed by atoms with Gasteiger partial charge < -0.3 is 10.4 Å². The number of carboxylic acid groups (broad SMARTS) is 1. The molecule has 0 bridgehead atoms. The van der Waals surface area contributed by atoms with Gasteiger partial charge in [-0.15, -0.1) is 0 Å². The Labute approximate surface area is 125 Å². The van der Waals surface area contributed by atoms with E-state index in [9.17, 15) is 9.59 Å². The summed E-state index contributed by atoms with van der Waals surface area (Å²) in [6, 6.07) is 9.36. The largest absolute Gasteiger partial charge is 0.481 e. The van der Waals surface area contributed by atoms with Crippen LogP contribution in [0.15, 0.2) is 30.3 Å². The van der Waals surface area contributed by atoms with Crippen LogP contribution in [0.5, 0.6) is 0 Å². The van der Waals surface area contributed by atoms with Gasteiger partial charge in [-0.2, -0.15) is 0 Å². The minimum absolute atomic E-state index is 0.0464. The Balaban J connectivity index is 2.14. The van der Waals surface area contributed by atoms with E-state index in [2.05, 4.69) is 5.32 Å². The molecule has 1 atom stereocenters. The van der Waals surface area contributed by atoms with E-state index in [-0.39, 0.29) is 23.8 Å². The minimum atomic E-state index is -0.889. The van der Waals surface area contributed by atoms with Crippen LogP contribution in [0.4, 0.5) is 0 Å². The minimum Gasteiger partial charge on any atom is -0.481 e. The van der Waals surface area contributed by atoms with Crippen LogP contribution in [-0.2, 0) is 15.0 Å². The van der Waals surface area contributed by atoms with Crippen LogP contribution in [0.25, 0.3) is 0 Å². The highest BCUT2D eigenvalue weighted by atomic mass is 16.4. The maximum atomic E-state index is 12.7. The molecule has 0 radical (unpaired) electrons. The zero-order valence-corrected chi connectivity index (χ0v) is 12.8. The van der Waals surface area contributed by atoms with Crippen LogP contribution < -0.4 is 5.32 Å².